The van der Waals surface area contributed by atoms with Gasteiger partial charge in [0.05, 0.1) is 5.52 Å². The molecule has 0 atom stereocenters. The highest BCUT2D eigenvalue weighted by atomic mass is 35.5. The van der Waals surface area contributed by atoms with Crippen molar-refractivity contribution in [2.45, 2.75) is 0 Å². The van der Waals surface area contributed by atoms with Crippen LogP contribution in [0.15, 0.2) is 73.1 Å². The minimum atomic E-state index is 0.648. The molecule has 4 heterocycles. The first-order chi connectivity index (χ1) is 15.8. The molecule has 32 heavy (non-hydrogen) atoms. The van der Waals surface area contributed by atoms with E-state index in [2.05, 4.69) is 20.9 Å². The van der Waals surface area contributed by atoms with E-state index in [4.69, 9.17) is 26.7 Å². The molecular weight excluding hydrogens is 422 g/mol. The van der Waals surface area contributed by atoms with Crippen LogP contribution in [0.4, 0.5) is 11.6 Å². The van der Waals surface area contributed by atoms with Crippen molar-refractivity contribution in [3.63, 3.8) is 0 Å². The van der Waals surface area contributed by atoms with Crippen LogP contribution < -0.4 is 9.80 Å². The smallest absolute Gasteiger partial charge is 0.229 e. The predicted octanol–water partition coefficient (Wildman–Crippen LogP) is 4.32. The third-order valence-corrected chi connectivity index (χ3v) is 6.05. The molecule has 6 rings (SSSR count). The molecule has 0 spiro atoms. The van der Waals surface area contributed by atoms with Gasteiger partial charge < -0.3 is 9.80 Å². The van der Waals surface area contributed by atoms with Crippen LogP contribution in [-0.2, 0) is 0 Å². The summed E-state index contributed by atoms with van der Waals surface area (Å²) in [4.78, 5) is 18.7. The molecule has 0 unspecified atom stereocenters. The molecule has 0 saturated carbocycles. The predicted molar refractivity (Wildman–Crippen MR) is 127 cm³/mol. The Hall–Kier alpha value is -3.71. The average Bonchev–Trinajstić information content (AvgIpc) is 3.30. The van der Waals surface area contributed by atoms with Gasteiger partial charge in [0.1, 0.15) is 0 Å². The maximum atomic E-state index is 6.19. The van der Waals surface area contributed by atoms with Crippen molar-refractivity contribution in [2.75, 3.05) is 36.0 Å². The third-order valence-electron chi connectivity index (χ3n) is 5.82. The number of fused-ring (bicyclic) bond motifs is 3. The SMILES string of the molecule is Clc1cccc(N2CCN(c3nc4ccccc4c4nc(-c5cccnc5)nn34)CC2)c1. The van der Waals surface area contributed by atoms with E-state index in [9.17, 15) is 0 Å². The Morgan fingerprint density at radius 3 is 2.47 bits per heavy atom. The quantitative estimate of drug-likeness (QED) is 0.415. The van der Waals surface area contributed by atoms with Crippen LogP contribution in [0.2, 0.25) is 5.02 Å². The van der Waals surface area contributed by atoms with Gasteiger partial charge in [0.2, 0.25) is 5.95 Å². The van der Waals surface area contributed by atoms with Gasteiger partial charge in [-0.05, 0) is 42.5 Å². The first-order valence-corrected chi connectivity index (χ1v) is 11.0. The standard InChI is InChI=1S/C24H20ClN7/c25-18-6-3-7-19(15-18)30-11-13-31(14-12-30)24-27-21-9-2-1-8-20(21)23-28-22(29-32(23)24)17-5-4-10-26-16-17/h1-10,15-16H,11-14H2. The second-order valence-corrected chi connectivity index (χ2v) is 8.23. The number of para-hydroxylation sites is 1. The zero-order valence-electron chi connectivity index (χ0n) is 17.3. The molecule has 8 heteroatoms. The van der Waals surface area contributed by atoms with Crippen molar-refractivity contribution in [1.82, 2.24) is 24.6 Å². The number of piperazine rings is 1. The molecule has 1 fully saturated rings. The molecular formula is C24H20ClN7. The van der Waals surface area contributed by atoms with Gasteiger partial charge >= 0.3 is 0 Å². The van der Waals surface area contributed by atoms with Crippen molar-refractivity contribution >= 4 is 39.8 Å². The van der Waals surface area contributed by atoms with Crippen LogP contribution in [0, 0.1) is 0 Å². The number of benzene rings is 2. The molecule has 7 nitrogen and oxygen atoms in total. The Labute approximate surface area is 189 Å². The number of hydrogen-bond acceptors (Lipinski definition) is 6. The first-order valence-electron chi connectivity index (χ1n) is 10.6. The second-order valence-electron chi connectivity index (χ2n) is 7.80. The number of nitrogens with zero attached hydrogens (tertiary/aromatic N) is 7. The minimum Gasteiger partial charge on any atom is -0.368 e. The Bertz CT molecular complexity index is 1410. The van der Waals surface area contributed by atoms with E-state index in [1.165, 1.54) is 0 Å². The summed E-state index contributed by atoms with van der Waals surface area (Å²) >= 11 is 6.19. The van der Waals surface area contributed by atoms with Gasteiger partial charge in [-0.2, -0.15) is 4.52 Å². The summed E-state index contributed by atoms with van der Waals surface area (Å²) in [5.41, 5.74) is 3.75. The number of hydrogen-bond donors (Lipinski definition) is 0. The van der Waals surface area contributed by atoms with Crippen LogP contribution in [0.3, 0.4) is 0 Å². The summed E-state index contributed by atoms with van der Waals surface area (Å²) < 4.78 is 1.87. The van der Waals surface area contributed by atoms with E-state index >= 15 is 0 Å². The van der Waals surface area contributed by atoms with Gasteiger partial charge in [-0.15, -0.1) is 5.10 Å². The van der Waals surface area contributed by atoms with Crippen molar-refractivity contribution in [3.8, 4) is 11.4 Å². The minimum absolute atomic E-state index is 0.648. The first kappa shape index (κ1) is 19.0. The largest absolute Gasteiger partial charge is 0.368 e. The lowest BCUT2D eigenvalue weighted by Crippen LogP contribution is -2.47. The number of anilines is 2. The van der Waals surface area contributed by atoms with Crippen LogP contribution in [0.25, 0.3) is 27.9 Å². The van der Waals surface area contributed by atoms with E-state index in [-0.39, 0.29) is 0 Å². The number of halogens is 1. The van der Waals surface area contributed by atoms with Gasteiger partial charge in [-0.25, -0.2) is 9.97 Å². The second kappa shape index (κ2) is 7.76. The summed E-state index contributed by atoms with van der Waals surface area (Å²) in [6, 6.07) is 20.0. The molecule has 0 radical (unpaired) electrons. The zero-order valence-corrected chi connectivity index (χ0v) is 18.0. The molecule has 3 aromatic heterocycles. The monoisotopic (exact) mass is 441 g/mol. The van der Waals surface area contributed by atoms with E-state index in [1.807, 2.05) is 59.1 Å². The lowest BCUT2D eigenvalue weighted by Gasteiger charge is -2.36. The Morgan fingerprint density at radius 1 is 0.812 bits per heavy atom. The number of pyridine rings is 1. The van der Waals surface area contributed by atoms with Crippen molar-refractivity contribution < 1.29 is 0 Å². The number of rotatable bonds is 3. The van der Waals surface area contributed by atoms with Crippen LogP contribution in [-0.4, -0.2) is 50.7 Å². The van der Waals surface area contributed by atoms with Crippen LogP contribution in [0.1, 0.15) is 0 Å². The fourth-order valence-electron chi connectivity index (χ4n) is 4.20. The third kappa shape index (κ3) is 3.31. The molecule has 0 amide bonds. The molecule has 5 aromatic rings. The van der Waals surface area contributed by atoms with Crippen LogP contribution in [0.5, 0.6) is 0 Å². The average molecular weight is 442 g/mol. The summed E-state index contributed by atoms with van der Waals surface area (Å²) in [5, 5.41) is 6.57. The van der Waals surface area contributed by atoms with Crippen LogP contribution >= 0.6 is 11.6 Å². The topological polar surface area (TPSA) is 62.5 Å². The molecule has 1 aliphatic rings. The fraction of sp³-hybridized carbons (Fsp3) is 0.167. The summed E-state index contributed by atoms with van der Waals surface area (Å²) in [6.07, 6.45) is 3.54. The maximum Gasteiger partial charge on any atom is 0.229 e. The van der Waals surface area contributed by atoms with Gasteiger partial charge in [-0.1, -0.05) is 29.8 Å². The fourth-order valence-corrected chi connectivity index (χ4v) is 4.39. The molecule has 0 bridgehead atoms. The Balaban J connectivity index is 1.40. The Morgan fingerprint density at radius 2 is 1.66 bits per heavy atom. The summed E-state index contributed by atoms with van der Waals surface area (Å²) in [6.45, 7) is 3.41. The number of aromatic nitrogens is 5. The summed E-state index contributed by atoms with van der Waals surface area (Å²) in [5.74, 6) is 1.46. The Kier molecular flexibility index (Phi) is 4.61. The van der Waals surface area contributed by atoms with E-state index < -0.39 is 0 Å². The molecule has 158 valence electrons. The van der Waals surface area contributed by atoms with Gasteiger partial charge in [0.15, 0.2) is 11.5 Å². The highest BCUT2D eigenvalue weighted by Crippen LogP contribution is 2.27. The summed E-state index contributed by atoms with van der Waals surface area (Å²) in [7, 11) is 0. The molecule has 1 aliphatic heterocycles. The van der Waals surface area contributed by atoms with Crippen molar-refractivity contribution in [1.29, 1.82) is 0 Å². The molecule has 1 saturated heterocycles. The highest BCUT2D eigenvalue weighted by Gasteiger charge is 2.23. The maximum absolute atomic E-state index is 6.19. The lowest BCUT2D eigenvalue weighted by atomic mass is 10.2. The van der Waals surface area contributed by atoms with Crippen molar-refractivity contribution in [2.24, 2.45) is 0 Å². The van der Waals surface area contributed by atoms with Gasteiger partial charge in [0.25, 0.3) is 0 Å². The van der Waals surface area contributed by atoms with E-state index in [0.29, 0.717) is 5.82 Å². The van der Waals surface area contributed by atoms with E-state index in [1.54, 1.807) is 12.4 Å². The highest BCUT2D eigenvalue weighted by molar-refractivity contribution is 6.30. The van der Waals surface area contributed by atoms with Gasteiger partial charge in [0, 0.05) is 60.2 Å². The van der Waals surface area contributed by atoms with Gasteiger partial charge in [-0.3, -0.25) is 4.98 Å². The molecule has 0 aliphatic carbocycles. The normalized spacial score (nSPS) is 14.4. The van der Waals surface area contributed by atoms with Crippen molar-refractivity contribution in [3.05, 3.63) is 78.1 Å². The zero-order chi connectivity index (χ0) is 21.5. The molecule has 2 aromatic carbocycles. The molecule has 0 N–H and O–H groups in total. The van der Waals surface area contributed by atoms with E-state index in [0.717, 1.165) is 65.0 Å². The lowest BCUT2D eigenvalue weighted by molar-refractivity contribution is 0.632.